The highest BCUT2D eigenvalue weighted by Gasteiger charge is 2.07. The summed E-state index contributed by atoms with van der Waals surface area (Å²) < 4.78 is 26.6. The summed E-state index contributed by atoms with van der Waals surface area (Å²) in [5.41, 5.74) is 0.652. The molecule has 2 aromatic rings. The van der Waals surface area contributed by atoms with Crippen molar-refractivity contribution in [3.63, 3.8) is 0 Å². The van der Waals surface area contributed by atoms with Crippen molar-refractivity contribution >= 4 is 17.3 Å². The zero-order valence-electron chi connectivity index (χ0n) is 8.75. The largest absolute Gasteiger partial charge is 0.379 e. The minimum Gasteiger partial charge on any atom is -0.379 e. The number of nitrogens with zero attached hydrogens (tertiary/aromatic N) is 1. The van der Waals surface area contributed by atoms with Crippen molar-refractivity contribution in [1.82, 2.24) is 4.98 Å². The maximum absolute atomic E-state index is 13.3. The first-order chi connectivity index (χ1) is 8.16. The van der Waals surface area contributed by atoms with Crippen LogP contribution in [0.2, 0.25) is 5.15 Å². The molecule has 0 fully saturated rings. The van der Waals surface area contributed by atoms with Crippen molar-refractivity contribution in [3.8, 4) is 0 Å². The maximum Gasteiger partial charge on any atom is 0.131 e. The normalized spacial score (nSPS) is 10.3. The van der Waals surface area contributed by atoms with Gasteiger partial charge in [-0.1, -0.05) is 17.7 Å². The Bertz CT molecular complexity index is 494. The van der Waals surface area contributed by atoms with Crippen molar-refractivity contribution in [3.05, 3.63) is 58.9 Å². The standard InChI is InChI=1S/C12H9ClF2N2/c13-12-5-4-8(6-17-12)16-7-9-10(14)2-1-3-11(9)15/h1-6,16H,7H2. The van der Waals surface area contributed by atoms with E-state index in [1.165, 1.54) is 24.4 Å². The second-order valence-electron chi connectivity index (χ2n) is 3.42. The van der Waals surface area contributed by atoms with Gasteiger partial charge in [0.05, 0.1) is 11.9 Å². The van der Waals surface area contributed by atoms with Crippen LogP contribution in [-0.4, -0.2) is 4.98 Å². The molecule has 2 nitrogen and oxygen atoms in total. The quantitative estimate of drug-likeness (QED) is 0.846. The van der Waals surface area contributed by atoms with Gasteiger partial charge in [-0.3, -0.25) is 0 Å². The van der Waals surface area contributed by atoms with Crippen LogP contribution in [0.1, 0.15) is 5.56 Å². The fraction of sp³-hybridized carbons (Fsp3) is 0.0833. The fourth-order valence-corrected chi connectivity index (χ4v) is 1.48. The summed E-state index contributed by atoms with van der Waals surface area (Å²) in [5.74, 6) is -1.14. The van der Waals surface area contributed by atoms with Crippen LogP contribution in [0, 0.1) is 11.6 Å². The number of benzene rings is 1. The van der Waals surface area contributed by atoms with Gasteiger partial charge in [-0.05, 0) is 24.3 Å². The van der Waals surface area contributed by atoms with Crippen LogP contribution in [-0.2, 0) is 6.54 Å². The van der Waals surface area contributed by atoms with Crippen LogP contribution >= 0.6 is 11.6 Å². The summed E-state index contributed by atoms with van der Waals surface area (Å²) >= 11 is 5.62. The Labute approximate surface area is 102 Å². The van der Waals surface area contributed by atoms with Gasteiger partial charge in [-0.2, -0.15) is 0 Å². The van der Waals surface area contributed by atoms with E-state index in [0.717, 1.165) is 0 Å². The Morgan fingerprint density at radius 3 is 2.41 bits per heavy atom. The molecule has 1 N–H and O–H groups in total. The Morgan fingerprint density at radius 2 is 1.82 bits per heavy atom. The van der Waals surface area contributed by atoms with Gasteiger partial charge < -0.3 is 5.32 Å². The van der Waals surface area contributed by atoms with E-state index in [9.17, 15) is 8.78 Å². The molecule has 0 radical (unpaired) electrons. The van der Waals surface area contributed by atoms with Gasteiger partial charge in [-0.25, -0.2) is 13.8 Å². The lowest BCUT2D eigenvalue weighted by Crippen LogP contribution is -2.04. The molecule has 1 aromatic heterocycles. The van der Waals surface area contributed by atoms with E-state index in [-0.39, 0.29) is 12.1 Å². The molecule has 0 spiro atoms. The van der Waals surface area contributed by atoms with Crippen LogP contribution < -0.4 is 5.32 Å². The second kappa shape index (κ2) is 5.10. The Balaban J connectivity index is 2.10. The van der Waals surface area contributed by atoms with Crippen molar-refractivity contribution in [2.45, 2.75) is 6.54 Å². The number of nitrogens with one attached hydrogen (secondary N) is 1. The third kappa shape index (κ3) is 2.91. The van der Waals surface area contributed by atoms with Crippen LogP contribution in [0.3, 0.4) is 0 Å². The van der Waals surface area contributed by atoms with E-state index in [2.05, 4.69) is 10.3 Å². The number of anilines is 1. The molecule has 5 heteroatoms. The number of pyridine rings is 1. The molecule has 0 bridgehead atoms. The minimum atomic E-state index is -0.570. The topological polar surface area (TPSA) is 24.9 Å². The molecule has 0 aliphatic carbocycles. The average molecular weight is 255 g/mol. The molecule has 0 atom stereocenters. The molecule has 0 amide bonds. The van der Waals surface area contributed by atoms with Crippen LogP contribution in [0.5, 0.6) is 0 Å². The zero-order valence-corrected chi connectivity index (χ0v) is 9.51. The molecule has 88 valence electrons. The van der Waals surface area contributed by atoms with Crippen molar-refractivity contribution in [1.29, 1.82) is 0 Å². The summed E-state index contributed by atoms with van der Waals surface area (Å²) in [5, 5.41) is 3.24. The first-order valence-electron chi connectivity index (χ1n) is 4.95. The van der Waals surface area contributed by atoms with Crippen LogP contribution in [0.4, 0.5) is 14.5 Å². The molecule has 2 rings (SSSR count). The average Bonchev–Trinajstić information content (AvgIpc) is 2.31. The SMILES string of the molecule is Fc1cccc(F)c1CNc1ccc(Cl)nc1. The van der Waals surface area contributed by atoms with Gasteiger partial charge in [0.15, 0.2) is 0 Å². The number of hydrogen-bond acceptors (Lipinski definition) is 2. The Hall–Kier alpha value is -1.68. The molecule has 0 saturated heterocycles. The van der Waals surface area contributed by atoms with Gasteiger partial charge in [0.25, 0.3) is 0 Å². The highest BCUT2D eigenvalue weighted by Crippen LogP contribution is 2.15. The lowest BCUT2D eigenvalue weighted by atomic mass is 10.2. The van der Waals surface area contributed by atoms with Crippen molar-refractivity contribution in [2.24, 2.45) is 0 Å². The molecule has 1 heterocycles. The molecule has 0 saturated carbocycles. The number of hydrogen-bond donors (Lipinski definition) is 1. The second-order valence-corrected chi connectivity index (χ2v) is 3.81. The summed E-state index contributed by atoms with van der Waals surface area (Å²) in [6, 6.07) is 7.06. The van der Waals surface area contributed by atoms with Gasteiger partial charge >= 0.3 is 0 Å². The van der Waals surface area contributed by atoms with E-state index >= 15 is 0 Å². The fourth-order valence-electron chi connectivity index (χ4n) is 1.37. The molecular formula is C12H9ClF2N2. The predicted molar refractivity (Wildman–Crippen MR) is 62.9 cm³/mol. The lowest BCUT2D eigenvalue weighted by molar-refractivity contribution is 0.560. The molecular weight excluding hydrogens is 246 g/mol. The lowest BCUT2D eigenvalue weighted by Gasteiger charge is -2.07. The van der Waals surface area contributed by atoms with Crippen LogP contribution in [0.15, 0.2) is 36.5 Å². The summed E-state index contributed by atoms with van der Waals surface area (Å²) in [7, 11) is 0. The third-order valence-corrected chi connectivity index (χ3v) is 2.48. The highest BCUT2D eigenvalue weighted by molar-refractivity contribution is 6.29. The Kier molecular flexibility index (Phi) is 3.54. The molecule has 0 aliphatic heterocycles. The van der Waals surface area contributed by atoms with Crippen molar-refractivity contribution < 1.29 is 8.78 Å². The maximum atomic E-state index is 13.3. The van der Waals surface area contributed by atoms with E-state index in [1.807, 2.05) is 0 Å². The number of rotatable bonds is 3. The molecule has 1 aromatic carbocycles. The molecule has 0 unspecified atom stereocenters. The van der Waals surface area contributed by atoms with E-state index in [0.29, 0.717) is 10.8 Å². The summed E-state index contributed by atoms with van der Waals surface area (Å²) in [4.78, 5) is 3.85. The van der Waals surface area contributed by atoms with Crippen LogP contribution in [0.25, 0.3) is 0 Å². The van der Waals surface area contributed by atoms with Gasteiger partial charge in [0.2, 0.25) is 0 Å². The third-order valence-electron chi connectivity index (χ3n) is 2.26. The van der Waals surface area contributed by atoms with Gasteiger partial charge in [0.1, 0.15) is 16.8 Å². The summed E-state index contributed by atoms with van der Waals surface area (Å²) in [6.07, 6.45) is 1.50. The molecule has 0 aliphatic rings. The highest BCUT2D eigenvalue weighted by atomic mass is 35.5. The Morgan fingerprint density at radius 1 is 1.12 bits per heavy atom. The van der Waals surface area contributed by atoms with E-state index in [4.69, 9.17) is 11.6 Å². The smallest absolute Gasteiger partial charge is 0.131 e. The minimum absolute atomic E-state index is 0.00227. The monoisotopic (exact) mass is 254 g/mol. The van der Waals surface area contributed by atoms with E-state index in [1.54, 1.807) is 12.1 Å². The summed E-state index contributed by atoms with van der Waals surface area (Å²) in [6.45, 7) is 0.0574. The van der Waals surface area contributed by atoms with Gasteiger partial charge in [0, 0.05) is 12.1 Å². The molecule has 17 heavy (non-hydrogen) atoms. The van der Waals surface area contributed by atoms with E-state index < -0.39 is 11.6 Å². The number of aromatic nitrogens is 1. The first-order valence-corrected chi connectivity index (χ1v) is 5.33. The van der Waals surface area contributed by atoms with Gasteiger partial charge in [-0.15, -0.1) is 0 Å². The number of halogens is 3. The van der Waals surface area contributed by atoms with Crippen molar-refractivity contribution in [2.75, 3.05) is 5.32 Å². The first kappa shape index (κ1) is 11.8. The zero-order chi connectivity index (χ0) is 12.3. The predicted octanol–water partition coefficient (Wildman–Crippen LogP) is 3.63.